The molecule has 6 heteroatoms. The van der Waals surface area contributed by atoms with E-state index >= 15 is 0 Å². The van der Waals surface area contributed by atoms with Crippen molar-refractivity contribution in [3.63, 3.8) is 0 Å². The normalized spacial score (nSPS) is 21.2. The van der Waals surface area contributed by atoms with Gasteiger partial charge in [-0.15, -0.1) is 11.3 Å². The maximum absolute atomic E-state index is 12.8. The maximum atomic E-state index is 12.8. The topological polar surface area (TPSA) is 62.5 Å². The Kier molecular flexibility index (Phi) is 4.02. The molecule has 1 amide bonds. The highest BCUT2D eigenvalue weighted by Crippen LogP contribution is 2.26. The fourth-order valence-corrected chi connectivity index (χ4v) is 3.72. The third-order valence-corrected chi connectivity index (χ3v) is 5.15. The number of thiophene rings is 1. The lowest BCUT2D eigenvalue weighted by Crippen LogP contribution is -2.38. The summed E-state index contributed by atoms with van der Waals surface area (Å²) in [5.74, 6) is -1.38. The Balaban J connectivity index is 1.79. The summed E-state index contributed by atoms with van der Waals surface area (Å²) in [7, 11) is 0. The van der Waals surface area contributed by atoms with Gasteiger partial charge in [0.25, 0.3) is 5.91 Å². The van der Waals surface area contributed by atoms with Gasteiger partial charge in [0.05, 0.1) is 12.5 Å². The summed E-state index contributed by atoms with van der Waals surface area (Å²) in [6, 6.07) is 7.42. The van der Waals surface area contributed by atoms with Crippen LogP contribution in [0, 0.1) is 5.92 Å². The molecule has 0 radical (unpaired) electrons. The Hall–Kier alpha value is -2.08. The average Bonchev–Trinajstić information content (AvgIpc) is 3.19. The first-order valence-corrected chi connectivity index (χ1v) is 8.17. The minimum Gasteiger partial charge on any atom is -0.481 e. The lowest BCUT2D eigenvalue weighted by molar-refractivity contribution is -0.142. The number of likely N-dealkylation sites (tertiary alicyclic amines) is 1. The van der Waals surface area contributed by atoms with Gasteiger partial charge in [-0.05, 0) is 36.9 Å². The molecule has 2 unspecified atom stereocenters. The van der Waals surface area contributed by atoms with Crippen molar-refractivity contribution >= 4 is 23.2 Å². The Bertz CT molecular complexity index is 677. The van der Waals surface area contributed by atoms with Crippen LogP contribution in [-0.2, 0) is 11.3 Å². The standard InChI is InChI=1S/C16H18N2O3S/c1-11-13(16(20)21)6-8-18(11)15(19)14-5-2-7-17(14)10-12-4-3-9-22-12/h2-5,7,9,11,13H,6,8,10H2,1H3,(H,20,21). The van der Waals surface area contributed by atoms with E-state index in [0.717, 1.165) is 0 Å². The van der Waals surface area contributed by atoms with Gasteiger partial charge in [-0.3, -0.25) is 9.59 Å². The van der Waals surface area contributed by atoms with E-state index in [-0.39, 0.29) is 11.9 Å². The molecule has 3 heterocycles. The Morgan fingerprint density at radius 1 is 1.36 bits per heavy atom. The zero-order valence-electron chi connectivity index (χ0n) is 12.3. The van der Waals surface area contributed by atoms with Crippen LogP contribution in [0.15, 0.2) is 35.8 Å². The lowest BCUT2D eigenvalue weighted by Gasteiger charge is -2.24. The number of hydrogen-bond acceptors (Lipinski definition) is 3. The number of carbonyl (C=O) groups is 2. The molecule has 0 spiro atoms. The minimum absolute atomic E-state index is 0.0854. The Morgan fingerprint density at radius 2 is 2.18 bits per heavy atom. The smallest absolute Gasteiger partial charge is 0.308 e. The van der Waals surface area contributed by atoms with Gasteiger partial charge in [0.15, 0.2) is 0 Å². The van der Waals surface area contributed by atoms with Crippen LogP contribution in [0.1, 0.15) is 28.7 Å². The van der Waals surface area contributed by atoms with Gasteiger partial charge in [-0.1, -0.05) is 6.07 Å². The van der Waals surface area contributed by atoms with E-state index < -0.39 is 11.9 Å². The van der Waals surface area contributed by atoms with Crippen LogP contribution in [-0.4, -0.2) is 39.0 Å². The molecule has 0 aliphatic carbocycles. The molecule has 5 nitrogen and oxygen atoms in total. The molecular formula is C16H18N2O3S. The van der Waals surface area contributed by atoms with Crippen molar-refractivity contribution in [3.05, 3.63) is 46.4 Å². The molecule has 1 fully saturated rings. The largest absolute Gasteiger partial charge is 0.481 e. The summed E-state index contributed by atoms with van der Waals surface area (Å²) in [5.41, 5.74) is 0.617. The number of hydrogen-bond donors (Lipinski definition) is 1. The van der Waals surface area contributed by atoms with E-state index in [1.165, 1.54) is 4.88 Å². The molecule has 2 aromatic heterocycles. The van der Waals surface area contributed by atoms with E-state index in [1.807, 2.05) is 41.3 Å². The van der Waals surface area contributed by atoms with Crippen LogP contribution in [0.4, 0.5) is 0 Å². The van der Waals surface area contributed by atoms with E-state index in [9.17, 15) is 14.7 Å². The van der Waals surface area contributed by atoms with Crippen LogP contribution in [0.25, 0.3) is 0 Å². The predicted octanol–water partition coefficient (Wildman–Crippen LogP) is 2.53. The second kappa shape index (κ2) is 5.96. The van der Waals surface area contributed by atoms with Crippen LogP contribution >= 0.6 is 11.3 Å². The maximum Gasteiger partial charge on any atom is 0.308 e. The average molecular weight is 318 g/mol. The second-order valence-electron chi connectivity index (χ2n) is 5.57. The van der Waals surface area contributed by atoms with Gasteiger partial charge in [0.1, 0.15) is 5.69 Å². The van der Waals surface area contributed by atoms with E-state index in [1.54, 1.807) is 22.3 Å². The summed E-state index contributed by atoms with van der Waals surface area (Å²) < 4.78 is 1.93. The lowest BCUT2D eigenvalue weighted by atomic mass is 10.0. The number of amides is 1. The third kappa shape index (κ3) is 2.66. The third-order valence-electron chi connectivity index (χ3n) is 4.29. The van der Waals surface area contributed by atoms with Gasteiger partial charge >= 0.3 is 5.97 Å². The summed E-state index contributed by atoms with van der Waals surface area (Å²) >= 11 is 1.66. The fraction of sp³-hybridized carbons (Fsp3) is 0.375. The zero-order chi connectivity index (χ0) is 15.7. The molecule has 3 rings (SSSR count). The Labute approximate surface area is 132 Å². The number of aliphatic carboxylic acids is 1. The van der Waals surface area contributed by atoms with Gasteiger partial charge < -0.3 is 14.6 Å². The number of nitrogens with zero attached hydrogens (tertiary/aromatic N) is 2. The minimum atomic E-state index is -0.822. The Morgan fingerprint density at radius 3 is 2.82 bits per heavy atom. The summed E-state index contributed by atoms with van der Waals surface area (Å²) in [5, 5.41) is 11.2. The summed E-state index contributed by atoms with van der Waals surface area (Å²) in [4.78, 5) is 26.8. The highest BCUT2D eigenvalue weighted by molar-refractivity contribution is 7.09. The van der Waals surface area contributed by atoms with Crippen molar-refractivity contribution in [1.82, 2.24) is 9.47 Å². The molecular weight excluding hydrogens is 300 g/mol. The van der Waals surface area contributed by atoms with Crippen LogP contribution in [0.2, 0.25) is 0 Å². The van der Waals surface area contributed by atoms with Gasteiger partial charge in [0, 0.05) is 23.7 Å². The molecule has 0 aromatic carbocycles. The van der Waals surface area contributed by atoms with Crippen LogP contribution in [0.5, 0.6) is 0 Å². The number of carboxylic acids is 1. The first-order valence-electron chi connectivity index (χ1n) is 7.29. The van der Waals surface area contributed by atoms with Crippen molar-refractivity contribution in [2.45, 2.75) is 25.9 Å². The van der Waals surface area contributed by atoms with Crippen molar-refractivity contribution in [2.24, 2.45) is 5.92 Å². The second-order valence-corrected chi connectivity index (χ2v) is 6.61. The molecule has 2 aromatic rings. The van der Waals surface area contributed by atoms with E-state index in [4.69, 9.17) is 0 Å². The molecule has 1 saturated heterocycles. The highest BCUT2D eigenvalue weighted by Gasteiger charge is 2.38. The fourth-order valence-electron chi connectivity index (χ4n) is 3.02. The quantitative estimate of drug-likeness (QED) is 0.942. The molecule has 0 saturated carbocycles. The first kappa shape index (κ1) is 14.8. The van der Waals surface area contributed by atoms with E-state index in [0.29, 0.717) is 25.2 Å². The molecule has 0 bridgehead atoms. The molecule has 2 atom stereocenters. The monoisotopic (exact) mass is 318 g/mol. The molecule has 1 N–H and O–H groups in total. The van der Waals surface area contributed by atoms with Crippen molar-refractivity contribution in [2.75, 3.05) is 6.54 Å². The molecule has 116 valence electrons. The highest BCUT2D eigenvalue weighted by atomic mass is 32.1. The SMILES string of the molecule is CC1C(C(=O)O)CCN1C(=O)c1cccn1Cc1cccs1. The molecule has 1 aliphatic heterocycles. The van der Waals surface area contributed by atoms with Gasteiger partial charge in [-0.2, -0.15) is 0 Å². The summed E-state index contributed by atoms with van der Waals surface area (Å²) in [6.45, 7) is 2.98. The van der Waals surface area contributed by atoms with Crippen LogP contribution < -0.4 is 0 Å². The van der Waals surface area contributed by atoms with Gasteiger partial charge in [0.2, 0.25) is 0 Å². The van der Waals surface area contributed by atoms with Crippen molar-refractivity contribution < 1.29 is 14.7 Å². The molecule has 1 aliphatic rings. The number of rotatable bonds is 4. The number of aromatic nitrogens is 1. The number of carbonyl (C=O) groups excluding carboxylic acids is 1. The zero-order valence-corrected chi connectivity index (χ0v) is 13.1. The van der Waals surface area contributed by atoms with Gasteiger partial charge in [-0.25, -0.2) is 0 Å². The van der Waals surface area contributed by atoms with Crippen molar-refractivity contribution in [1.29, 1.82) is 0 Å². The predicted molar refractivity (Wildman–Crippen MR) is 84.1 cm³/mol. The summed E-state index contributed by atoms with van der Waals surface area (Å²) in [6.07, 6.45) is 2.41. The van der Waals surface area contributed by atoms with E-state index in [2.05, 4.69) is 0 Å². The number of carboxylic acid groups (broad SMARTS) is 1. The first-order chi connectivity index (χ1) is 10.6. The molecule has 22 heavy (non-hydrogen) atoms. The van der Waals surface area contributed by atoms with Crippen LogP contribution in [0.3, 0.4) is 0 Å². The van der Waals surface area contributed by atoms with Crippen molar-refractivity contribution in [3.8, 4) is 0 Å².